The first-order valence-electron chi connectivity index (χ1n) is 11.4. The van der Waals surface area contributed by atoms with Gasteiger partial charge >= 0.3 is 0 Å². The lowest BCUT2D eigenvalue weighted by Gasteiger charge is -2.16. The summed E-state index contributed by atoms with van der Waals surface area (Å²) in [6, 6.07) is 10.6. The Kier molecular flexibility index (Phi) is 5.96. The van der Waals surface area contributed by atoms with Crippen LogP contribution < -0.4 is 15.8 Å². The number of amides is 2. The molecule has 4 heterocycles. The van der Waals surface area contributed by atoms with E-state index in [9.17, 15) is 18.8 Å². The lowest BCUT2D eigenvalue weighted by atomic mass is 10.1. The molecule has 3 aromatic heterocycles. The van der Waals surface area contributed by atoms with Crippen molar-refractivity contribution in [2.75, 3.05) is 16.8 Å². The standard InChI is InChI=1S/C25H23FN6O4/c1-3-18-14(2)27-25(29-24(18)35)32-21(12-19(30-32)20-5-4-10-36-20)28-23(34)15-11-22(33)31(13-15)17-8-6-16(26)7-9-17/h4-10,12,15H,3,11,13H2,1-2H3,(H,28,34)(H,27,29,35). The number of carbonyl (C=O) groups excluding carboxylic acids is 2. The van der Waals surface area contributed by atoms with E-state index in [1.165, 1.54) is 40.1 Å². The number of nitrogens with one attached hydrogen (secondary N) is 2. The molecule has 1 fully saturated rings. The number of furan rings is 1. The Labute approximate surface area is 204 Å². The second-order valence-corrected chi connectivity index (χ2v) is 8.48. The van der Waals surface area contributed by atoms with Crippen LogP contribution in [0.25, 0.3) is 17.4 Å². The van der Waals surface area contributed by atoms with Gasteiger partial charge in [0.1, 0.15) is 17.3 Å². The first kappa shape index (κ1) is 23.2. The highest BCUT2D eigenvalue weighted by Crippen LogP contribution is 2.28. The van der Waals surface area contributed by atoms with Gasteiger partial charge in [0, 0.05) is 36.0 Å². The molecule has 0 spiro atoms. The summed E-state index contributed by atoms with van der Waals surface area (Å²) in [6.07, 6.45) is 2.03. The molecule has 0 saturated carbocycles. The van der Waals surface area contributed by atoms with E-state index in [1.807, 2.05) is 6.92 Å². The van der Waals surface area contributed by atoms with Crippen LogP contribution in [0, 0.1) is 18.7 Å². The summed E-state index contributed by atoms with van der Waals surface area (Å²) < 4.78 is 20.1. The van der Waals surface area contributed by atoms with Crippen LogP contribution in [0.4, 0.5) is 15.9 Å². The van der Waals surface area contributed by atoms with E-state index in [2.05, 4.69) is 20.4 Å². The van der Waals surface area contributed by atoms with Crippen molar-refractivity contribution >= 4 is 23.3 Å². The molecule has 1 aromatic carbocycles. The molecule has 1 saturated heterocycles. The Balaban J connectivity index is 1.45. The van der Waals surface area contributed by atoms with Gasteiger partial charge in [-0.15, -0.1) is 0 Å². The number of halogens is 1. The molecule has 2 N–H and O–H groups in total. The Morgan fingerprint density at radius 3 is 2.69 bits per heavy atom. The minimum atomic E-state index is -0.644. The van der Waals surface area contributed by atoms with Crippen LogP contribution in [0.5, 0.6) is 0 Å². The quantitative estimate of drug-likeness (QED) is 0.427. The van der Waals surface area contributed by atoms with Gasteiger partial charge in [-0.2, -0.15) is 9.78 Å². The van der Waals surface area contributed by atoms with Crippen molar-refractivity contribution in [3.63, 3.8) is 0 Å². The van der Waals surface area contributed by atoms with Gasteiger partial charge < -0.3 is 14.6 Å². The fraction of sp³-hybridized carbons (Fsp3) is 0.240. The molecule has 1 atom stereocenters. The summed E-state index contributed by atoms with van der Waals surface area (Å²) in [5.74, 6) is -0.827. The molecular formula is C25H23FN6O4. The van der Waals surface area contributed by atoms with E-state index in [0.29, 0.717) is 34.8 Å². The molecule has 0 bridgehead atoms. The molecule has 36 heavy (non-hydrogen) atoms. The largest absolute Gasteiger partial charge is 0.463 e. The zero-order chi connectivity index (χ0) is 25.4. The highest BCUT2D eigenvalue weighted by atomic mass is 19.1. The number of hydrogen-bond donors (Lipinski definition) is 2. The molecular weight excluding hydrogens is 467 g/mol. The zero-order valence-electron chi connectivity index (χ0n) is 19.6. The maximum Gasteiger partial charge on any atom is 0.255 e. The normalized spacial score (nSPS) is 15.5. The number of rotatable bonds is 6. The van der Waals surface area contributed by atoms with Crippen molar-refractivity contribution in [3.05, 3.63) is 76.2 Å². The van der Waals surface area contributed by atoms with E-state index in [0.717, 1.165) is 0 Å². The monoisotopic (exact) mass is 490 g/mol. The fourth-order valence-electron chi connectivity index (χ4n) is 4.27. The van der Waals surface area contributed by atoms with E-state index < -0.39 is 17.6 Å². The molecule has 0 aliphatic carbocycles. The fourth-order valence-corrected chi connectivity index (χ4v) is 4.27. The van der Waals surface area contributed by atoms with Crippen molar-refractivity contribution in [1.82, 2.24) is 19.7 Å². The Bertz CT molecular complexity index is 1490. The van der Waals surface area contributed by atoms with Gasteiger partial charge in [0.2, 0.25) is 17.8 Å². The van der Waals surface area contributed by atoms with Gasteiger partial charge in [0.05, 0.1) is 12.2 Å². The first-order valence-corrected chi connectivity index (χ1v) is 11.4. The van der Waals surface area contributed by atoms with Crippen molar-refractivity contribution < 1.29 is 18.4 Å². The van der Waals surface area contributed by atoms with Crippen LogP contribution in [-0.2, 0) is 16.0 Å². The van der Waals surface area contributed by atoms with Gasteiger partial charge in [0.25, 0.3) is 5.56 Å². The number of benzene rings is 1. The van der Waals surface area contributed by atoms with Gasteiger partial charge in [-0.3, -0.25) is 19.4 Å². The summed E-state index contributed by atoms with van der Waals surface area (Å²) in [6.45, 7) is 3.75. The SMILES string of the molecule is CCc1c(C)nc(-n2nc(-c3ccco3)cc2NC(=O)C2CC(=O)N(c3ccc(F)cc3)C2)[nH]c1=O. The second-order valence-electron chi connectivity index (χ2n) is 8.48. The summed E-state index contributed by atoms with van der Waals surface area (Å²) >= 11 is 0. The number of anilines is 2. The Morgan fingerprint density at radius 1 is 1.25 bits per heavy atom. The molecule has 1 unspecified atom stereocenters. The number of aromatic nitrogens is 4. The Morgan fingerprint density at radius 2 is 2.03 bits per heavy atom. The number of carbonyl (C=O) groups is 2. The molecule has 4 aromatic rings. The van der Waals surface area contributed by atoms with Crippen LogP contribution in [0.15, 0.2) is 57.9 Å². The maximum atomic E-state index is 13.3. The summed E-state index contributed by atoms with van der Waals surface area (Å²) in [5.41, 5.74) is 1.78. The number of nitrogens with zero attached hydrogens (tertiary/aromatic N) is 4. The first-order chi connectivity index (χ1) is 17.3. The van der Waals surface area contributed by atoms with Crippen LogP contribution in [0.2, 0.25) is 0 Å². The van der Waals surface area contributed by atoms with E-state index in [4.69, 9.17) is 4.42 Å². The van der Waals surface area contributed by atoms with Gasteiger partial charge in [-0.05, 0) is 49.7 Å². The van der Waals surface area contributed by atoms with Crippen molar-refractivity contribution in [2.24, 2.45) is 5.92 Å². The highest BCUT2D eigenvalue weighted by molar-refractivity contribution is 6.03. The average molecular weight is 490 g/mol. The predicted octanol–water partition coefficient (Wildman–Crippen LogP) is 3.22. The summed E-state index contributed by atoms with van der Waals surface area (Å²) in [4.78, 5) is 47.0. The third-order valence-electron chi connectivity index (χ3n) is 6.13. The van der Waals surface area contributed by atoms with Gasteiger partial charge in [-0.25, -0.2) is 9.37 Å². The van der Waals surface area contributed by atoms with Crippen LogP contribution in [0.1, 0.15) is 24.6 Å². The number of hydrogen-bond acceptors (Lipinski definition) is 6. The van der Waals surface area contributed by atoms with E-state index in [1.54, 1.807) is 25.1 Å². The van der Waals surface area contributed by atoms with Crippen LogP contribution >= 0.6 is 0 Å². The average Bonchev–Trinajstić information content (AvgIpc) is 3.59. The van der Waals surface area contributed by atoms with Crippen molar-refractivity contribution in [1.29, 1.82) is 0 Å². The van der Waals surface area contributed by atoms with Crippen molar-refractivity contribution in [3.8, 4) is 17.4 Å². The number of aryl methyl sites for hydroxylation is 1. The minimum absolute atomic E-state index is 0.00176. The molecule has 1 aliphatic heterocycles. The molecule has 0 radical (unpaired) electrons. The number of aromatic amines is 1. The van der Waals surface area contributed by atoms with Gasteiger partial charge in [-0.1, -0.05) is 6.92 Å². The lowest BCUT2D eigenvalue weighted by molar-refractivity contribution is -0.122. The molecule has 5 rings (SSSR count). The topological polar surface area (TPSA) is 126 Å². The second kappa shape index (κ2) is 9.25. The number of H-pyrrole nitrogens is 1. The van der Waals surface area contributed by atoms with Crippen molar-refractivity contribution in [2.45, 2.75) is 26.7 Å². The molecule has 184 valence electrons. The van der Waals surface area contributed by atoms with E-state index in [-0.39, 0.29) is 36.2 Å². The minimum Gasteiger partial charge on any atom is -0.463 e. The zero-order valence-corrected chi connectivity index (χ0v) is 19.6. The smallest absolute Gasteiger partial charge is 0.255 e. The summed E-state index contributed by atoms with van der Waals surface area (Å²) in [7, 11) is 0. The van der Waals surface area contributed by atoms with Crippen LogP contribution in [-0.4, -0.2) is 38.1 Å². The summed E-state index contributed by atoms with van der Waals surface area (Å²) in [5, 5.41) is 7.31. The van der Waals surface area contributed by atoms with E-state index >= 15 is 0 Å². The molecule has 1 aliphatic rings. The Hall–Kier alpha value is -4.54. The third-order valence-corrected chi connectivity index (χ3v) is 6.13. The molecule has 10 nitrogen and oxygen atoms in total. The third kappa shape index (κ3) is 4.30. The maximum absolute atomic E-state index is 13.3. The molecule has 11 heteroatoms. The molecule has 2 amide bonds. The lowest BCUT2D eigenvalue weighted by Crippen LogP contribution is -2.29. The van der Waals surface area contributed by atoms with Gasteiger partial charge in [0.15, 0.2) is 5.76 Å². The van der Waals surface area contributed by atoms with Crippen LogP contribution in [0.3, 0.4) is 0 Å². The predicted molar refractivity (Wildman–Crippen MR) is 129 cm³/mol. The highest BCUT2D eigenvalue weighted by Gasteiger charge is 2.35.